The topological polar surface area (TPSA) is 54.9 Å². The summed E-state index contributed by atoms with van der Waals surface area (Å²) in [6.45, 7) is 0.154. The second kappa shape index (κ2) is 6.46. The Bertz CT molecular complexity index is 823. The van der Waals surface area contributed by atoms with Crippen LogP contribution in [0.15, 0.2) is 30.6 Å². The highest BCUT2D eigenvalue weighted by molar-refractivity contribution is 6.34. The molecule has 1 amide bonds. The van der Waals surface area contributed by atoms with E-state index in [1.54, 1.807) is 0 Å². The van der Waals surface area contributed by atoms with Crippen molar-refractivity contribution in [2.24, 2.45) is 0 Å². The molecule has 1 fully saturated rings. The summed E-state index contributed by atoms with van der Waals surface area (Å²) >= 11 is 12.0. The predicted octanol–water partition coefficient (Wildman–Crippen LogP) is 4.26. The minimum atomic E-state index is -4.70. The van der Waals surface area contributed by atoms with Crippen LogP contribution >= 0.6 is 23.2 Å². The van der Waals surface area contributed by atoms with E-state index in [0.717, 1.165) is 30.7 Å². The van der Waals surface area contributed by atoms with Gasteiger partial charge in [0.2, 0.25) is 0 Å². The third-order valence-corrected chi connectivity index (χ3v) is 4.67. The molecule has 0 aromatic carbocycles. The van der Waals surface area contributed by atoms with E-state index in [4.69, 9.17) is 23.2 Å². The van der Waals surface area contributed by atoms with E-state index >= 15 is 0 Å². The second-order valence-electron chi connectivity index (χ2n) is 5.85. The normalized spacial score (nSPS) is 15.7. The maximum absolute atomic E-state index is 13.0. The fraction of sp³-hybridized carbons (Fsp3) is 0.312. The molecule has 3 rings (SSSR count). The first-order valence-corrected chi connectivity index (χ1v) is 8.10. The van der Waals surface area contributed by atoms with Crippen LogP contribution in [0.5, 0.6) is 0 Å². The van der Waals surface area contributed by atoms with Crippen molar-refractivity contribution >= 4 is 29.1 Å². The Hall–Kier alpha value is -1.86. The molecule has 0 unspecified atom stereocenters. The molecule has 0 atom stereocenters. The van der Waals surface area contributed by atoms with Gasteiger partial charge in [-0.3, -0.25) is 9.78 Å². The molecule has 1 aliphatic carbocycles. The highest BCUT2D eigenvalue weighted by Crippen LogP contribution is 2.50. The van der Waals surface area contributed by atoms with Crippen molar-refractivity contribution < 1.29 is 18.0 Å². The Morgan fingerprint density at radius 1 is 1.28 bits per heavy atom. The van der Waals surface area contributed by atoms with Crippen molar-refractivity contribution in [1.29, 1.82) is 0 Å². The van der Waals surface area contributed by atoms with Gasteiger partial charge in [-0.05, 0) is 36.6 Å². The first kappa shape index (κ1) is 17.9. The van der Waals surface area contributed by atoms with E-state index in [9.17, 15) is 18.0 Å². The molecular formula is C16H12Cl2F3N3O. The number of carbonyl (C=O) groups excluding carboxylic acids is 1. The molecule has 4 nitrogen and oxygen atoms in total. The zero-order chi connectivity index (χ0) is 18.2. The molecule has 2 aromatic rings. The van der Waals surface area contributed by atoms with Gasteiger partial charge in [0.15, 0.2) is 5.69 Å². The SMILES string of the molecule is O=C(NCC1(c2cnc(Cl)cc2Cl)CC1)c1cccnc1C(F)(F)F. The van der Waals surface area contributed by atoms with E-state index in [1.807, 2.05) is 0 Å². The Morgan fingerprint density at radius 2 is 2.00 bits per heavy atom. The molecule has 0 bridgehead atoms. The number of nitrogens with zero attached hydrogens (tertiary/aromatic N) is 2. The van der Waals surface area contributed by atoms with Crippen LogP contribution in [0.2, 0.25) is 10.2 Å². The first-order chi connectivity index (χ1) is 11.7. The van der Waals surface area contributed by atoms with E-state index < -0.39 is 28.8 Å². The molecule has 0 radical (unpaired) electrons. The number of halogens is 5. The lowest BCUT2D eigenvalue weighted by Crippen LogP contribution is -2.34. The fourth-order valence-electron chi connectivity index (χ4n) is 2.65. The monoisotopic (exact) mass is 389 g/mol. The third-order valence-electron chi connectivity index (χ3n) is 4.15. The molecule has 1 N–H and O–H groups in total. The van der Waals surface area contributed by atoms with Crippen molar-refractivity contribution in [2.75, 3.05) is 6.54 Å². The van der Waals surface area contributed by atoms with Gasteiger partial charge in [0.1, 0.15) is 5.15 Å². The molecule has 0 aliphatic heterocycles. The maximum atomic E-state index is 13.0. The van der Waals surface area contributed by atoms with E-state index in [-0.39, 0.29) is 11.7 Å². The van der Waals surface area contributed by atoms with Gasteiger partial charge < -0.3 is 5.32 Å². The van der Waals surface area contributed by atoms with Crippen LogP contribution < -0.4 is 5.32 Å². The van der Waals surface area contributed by atoms with E-state index in [1.165, 1.54) is 18.3 Å². The van der Waals surface area contributed by atoms with Crippen LogP contribution in [-0.4, -0.2) is 22.4 Å². The first-order valence-electron chi connectivity index (χ1n) is 7.35. The molecule has 0 spiro atoms. The van der Waals surface area contributed by atoms with Gasteiger partial charge in [-0.25, -0.2) is 4.98 Å². The Kier molecular flexibility index (Phi) is 4.64. The highest BCUT2D eigenvalue weighted by atomic mass is 35.5. The molecule has 132 valence electrons. The number of alkyl halides is 3. The van der Waals surface area contributed by atoms with Crippen molar-refractivity contribution in [3.63, 3.8) is 0 Å². The zero-order valence-electron chi connectivity index (χ0n) is 12.7. The lowest BCUT2D eigenvalue weighted by Gasteiger charge is -2.18. The van der Waals surface area contributed by atoms with Crippen molar-refractivity contribution in [1.82, 2.24) is 15.3 Å². The molecule has 2 heterocycles. The summed E-state index contributed by atoms with van der Waals surface area (Å²) in [4.78, 5) is 19.5. The fourth-order valence-corrected chi connectivity index (χ4v) is 3.22. The highest BCUT2D eigenvalue weighted by Gasteiger charge is 2.46. The van der Waals surface area contributed by atoms with Crippen LogP contribution in [0.3, 0.4) is 0 Å². The number of pyridine rings is 2. The number of carbonyl (C=O) groups is 1. The minimum Gasteiger partial charge on any atom is -0.351 e. The lowest BCUT2D eigenvalue weighted by atomic mass is 9.97. The number of nitrogens with one attached hydrogen (secondary N) is 1. The summed E-state index contributed by atoms with van der Waals surface area (Å²) in [5.74, 6) is -0.829. The molecule has 25 heavy (non-hydrogen) atoms. The smallest absolute Gasteiger partial charge is 0.351 e. The maximum Gasteiger partial charge on any atom is 0.434 e. The Morgan fingerprint density at radius 3 is 2.60 bits per heavy atom. The number of hydrogen-bond donors (Lipinski definition) is 1. The van der Waals surface area contributed by atoms with Crippen molar-refractivity contribution in [2.45, 2.75) is 24.4 Å². The average molecular weight is 390 g/mol. The van der Waals surface area contributed by atoms with Crippen LogP contribution in [-0.2, 0) is 11.6 Å². The quantitative estimate of drug-likeness (QED) is 0.794. The number of aromatic nitrogens is 2. The lowest BCUT2D eigenvalue weighted by molar-refractivity contribution is -0.141. The summed E-state index contributed by atoms with van der Waals surface area (Å²) in [6.07, 6.45) is -0.671. The molecule has 2 aromatic heterocycles. The second-order valence-corrected chi connectivity index (χ2v) is 6.64. The molecule has 9 heteroatoms. The van der Waals surface area contributed by atoms with Crippen LogP contribution in [0.25, 0.3) is 0 Å². The Labute approximate surface area is 151 Å². The summed E-state index contributed by atoms with van der Waals surface area (Å²) in [5.41, 5.74) is -1.42. The third kappa shape index (κ3) is 3.72. The zero-order valence-corrected chi connectivity index (χ0v) is 14.2. The van der Waals surface area contributed by atoms with Crippen molar-refractivity contribution in [3.8, 4) is 0 Å². The van der Waals surface area contributed by atoms with E-state index in [0.29, 0.717) is 5.02 Å². The van der Waals surface area contributed by atoms with E-state index in [2.05, 4.69) is 15.3 Å². The van der Waals surface area contributed by atoms with Gasteiger partial charge in [-0.2, -0.15) is 13.2 Å². The van der Waals surface area contributed by atoms with Crippen molar-refractivity contribution in [3.05, 3.63) is 57.6 Å². The van der Waals surface area contributed by atoms with Crippen LogP contribution in [0.4, 0.5) is 13.2 Å². The molecular weight excluding hydrogens is 378 g/mol. The standard InChI is InChI=1S/C16H12Cl2F3N3O/c17-11-6-12(18)23-7-10(11)15(3-4-15)8-24-14(25)9-2-1-5-22-13(9)16(19,20)21/h1-2,5-7H,3-4,8H2,(H,24,25). The van der Waals surface area contributed by atoms with Gasteiger partial charge in [0.25, 0.3) is 5.91 Å². The summed E-state index contributed by atoms with van der Waals surface area (Å²) in [5, 5.41) is 3.23. The molecule has 1 aliphatic rings. The number of hydrogen-bond acceptors (Lipinski definition) is 3. The van der Waals surface area contributed by atoms with Gasteiger partial charge in [0, 0.05) is 29.4 Å². The number of rotatable bonds is 4. The van der Waals surface area contributed by atoms with Gasteiger partial charge in [0.05, 0.1) is 5.56 Å². The van der Waals surface area contributed by atoms with Crippen LogP contribution in [0, 0.1) is 0 Å². The number of amides is 1. The largest absolute Gasteiger partial charge is 0.434 e. The van der Waals surface area contributed by atoms with Gasteiger partial charge >= 0.3 is 6.18 Å². The molecule has 0 saturated heterocycles. The molecule has 1 saturated carbocycles. The average Bonchev–Trinajstić information content (AvgIpc) is 3.32. The van der Waals surface area contributed by atoms with Crippen LogP contribution in [0.1, 0.15) is 34.5 Å². The summed E-state index contributed by atoms with van der Waals surface area (Å²) in [6, 6.07) is 3.89. The van der Waals surface area contributed by atoms with Gasteiger partial charge in [-0.15, -0.1) is 0 Å². The minimum absolute atomic E-state index is 0.154. The summed E-state index contributed by atoms with van der Waals surface area (Å²) < 4.78 is 38.9. The Balaban J connectivity index is 1.77. The predicted molar refractivity (Wildman–Crippen MR) is 86.7 cm³/mol. The van der Waals surface area contributed by atoms with Gasteiger partial charge in [-0.1, -0.05) is 23.2 Å². The summed E-state index contributed by atoms with van der Waals surface area (Å²) in [7, 11) is 0.